The van der Waals surface area contributed by atoms with Crippen molar-refractivity contribution in [2.45, 2.75) is 6.54 Å². The van der Waals surface area contributed by atoms with Gasteiger partial charge in [-0.25, -0.2) is 0 Å². The van der Waals surface area contributed by atoms with Crippen molar-refractivity contribution in [3.05, 3.63) is 64.1 Å². The van der Waals surface area contributed by atoms with Gasteiger partial charge in [0.25, 0.3) is 5.91 Å². The van der Waals surface area contributed by atoms with E-state index in [1.807, 2.05) is 18.2 Å². The Labute approximate surface area is 104 Å². The van der Waals surface area contributed by atoms with Crippen LogP contribution in [-0.4, -0.2) is 10.9 Å². The summed E-state index contributed by atoms with van der Waals surface area (Å²) in [6.45, 7) is 0.335. The molecule has 18 heavy (non-hydrogen) atoms. The average molecular weight is 243 g/mol. The lowest BCUT2D eigenvalue weighted by Gasteiger charge is -2.09. The Morgan fingerprint density at radius 1 is 1.17 bits per heavy atom. The van der Waals surface area contributed by atoms with Crippen LogP contribution in [-0.2, 0) is 6.54 Å². The topological polar surface area (TPSA) is 88.0 Å². The number of pyridine rings is 1. The van der Waals surface area contributed by atoms with Gasteiger partial charge in [-0.2, -0.15) is 0 Å². The largest absolute Gasteiger partial charge is 0.326 e. The van der Waals surface area contributed by atoms with E-state index in [0.717, 1.165) is 5.56 Å². The Morgan fingerprint density at radius 3 is 2.67 bits per heavy atom. The molecule has 0 atom stereocenters. The van der Waals surface area contributed by atoms with Crippen molar-refractivity contribution in [2.75, 3.05) is 5.32 Å². The first-order valence-electron chi connectivity index (χ1n) is 5.49. The van der Waals surface area contributed by atoms with E-state index in [-0.39, 0.29) is 17.2 Å². The maximum absolute atomic E-state index is 11.9. The van der Waals surface area contributed by atoms with Gasteiger partial charge in [0.15, 0.2) is 0 Å². The van der Waals surface area contributed by atoms with E-state index >= 15 is 0 Å². The molecule has 5 nitrogen and oxygen atoms in total. The second-order valence-corrected chi connectivity index (χ2v) is 3.74. The summed E-state index contributed by atoms with van der Waals surface area (Å²) in [4.78, 5) is 25.5. The van der Waals surface area contributed by atoms with Gasteiger partial charge >= 0.3 is 0 Å². The van der Waals surface area contributed by atoms with Gasteiger partial charge < -0.3 is 16.0 Å². The normalized spacial score (nSPS) is 10.1. The highest BCUT2D eigenvalue weighted by atomic mass is 16.2. The number of anilines is 1. The van der Waals surface area contributed by atoms with Crippen LogP contribution in [0.2, 0.25) is 0 Å². The van der Waals surface area contributed by atoms with Crippen molar-refractivity contribution in [1.82, 2.24) is 4.98 Å². The van der Waals surface area contributed by atoms with Gasteiger partial charge in [-0.05, 0) is 17.7 Å². The Kier molecular flexibility index (Phi) is 3.54. The lowest BCUT2D eigenvalue weighted by atomic mass is 10.1. The van der Waals surface area contributed by atoms with Gasteiger partial charge in [0.05, 0.1) is 0 Å². The van der Waals surface area contributed by atoms with E-state index in [9.17, 15) is 9.59 Å². The summed E-state index contributed by atoms with van der Waals surface area (Å²) in [5, 5.41) is 2.72. The van der Waals surface area contributed by atoms with Crippen LogP contribution in [0, 0.1) is 0 Å². The van der Waals surface area contributed by atoms with Gasteiger partial charge in [0, 0.05) is 18.3 Å². The molecule has 0 radical (unpaired) electrons. The molecule has 1 aromatic heterocycles. The maximum Gasteiger partial charge on any atom is 0.272 e. The molecule has 1 heterocycles. The summed E-state index contributed by atoms with van der Waals surface area (Å²) in [6, 6.07) is 11.7. The molecule has 1 aromatic carbocycles. The molecule has 1 amide bonds. The van der Waals surface area contributed by atoms with Gasteiger partial charge in [-0.15, -0.1) is 0 Å². The van der Waals surface area contributed by atoms with Crippen molar-refractivity contribution in [3.63, 3.8) is 0 Å². The molecule has 2 aromatic rings. The standard InChI is InChI=1S/C13H13N3O2/c14-8-9-4-1-2-5-10(9)16-13(18)11-6-3-7-12(17)15-11/h1-7H,8,14H2,(H,15,17)(H,16,18). The van der Waals surface area contributed by atoms with Crippen molar-refractivity contribution >= 4 is 11.6 Å². The van der Waals surface area contributed by atoms with Crippen LogP contribution in [0.4, 0.5) is 5.69 Å². The predicted octanol–water partition coefficient (Wildman–Crippen LogP) is 1.09. The third-order valence-electron chi connectivity index (χ3n) is 2.50. The molecule has 0 aliphatic rings. The summed E-state index contributed by atoms with van der Waals surface area (Å²) in [5.74, 6) is -0.367. The first kappa shape index (κ1) is 12.1. The number of rotatable bonds is 3. The lowest BCUT2D eigenvalue weighted by Crippen LogP contribution is -2.19. The molecular weight excluding hydrogens is 230 g/mol. The Hall–Kier alpha value is -2.40. The van der Waals surface area contributed by atoms with E-state index in [1.54, 1.807) is 12.1 Å². The Bertz CT molecular complexity index is 619. The maximum atomic E-state index is 11.9. The summed E-state index contributed by atoms with van der Waals surface area (Å²) in [5.41, 5.74) is 6.97. The minimum absolute atomic E-state index is 0.217. The van der Waals surface area contributed by atoms with Gasteiger partial charge in [-0.3, -0.25) is 9.59 Å². The number of hydrogen-bond acceptors (Lipinski definition) is 3. The molecule has 5 heteroatoms. The van der Waals surface area contributed by atoms with E-state index in [1.165, 1.54) is 12.1 Å². The number of aromatic nitrogens is 1. The highest BCUT2D eigenvalue weighted by Crippen LogP contribution is 2.14. The second-order valence-electron chi connectivity index (χ2n) is 3.74. The molecule has 0 bridgehead atoms. The van der Waals surface area contributed by atoms with Crippen LogP contribution in [0.15, 0.2) is 47.3 Å². The minimum Gasteiger partial charge on any atom is -0.326 e. The molecule has 0 spiro atoms. The first-order valence-corrected chi connectivity index (χ1v) is 5.49. The summed E-state index contributed by atoms with van der Waals surface area (Å²) >= 11 is 0. The number of nitrogens with two attached hydrogens (primary N) is 1. The van der Waals surface area contributed by atoms with Crippen LogP contribution < -0.4 is 16.6 Å². The minimum atomic E-state index is -0.367. The highest BCUT2D eigenvalue weighted by Gasteiger charge is 2.08. The number of aromatic amines is 1. The van der Waals surface area contributed by atoms with Crippen molar-refractivity contribution in [3.8, 4) is 0 Å². The number of nitrogens with one attached hydrogen (secondary N) is 2. The number of carbonyl (C=O) groups is 1. The van der Waals surface area contributed by atoms with Gasteiger partial charge in [-0.1, -0.05) is 24.3 Å². The molecule has 0 saturated heterocycles. The number of amides is 1. The predicted molar refractivity (Wildman–Crippen MR) is 69.3 cm³/mol. The average Bonchev–Trinajstić information content (AvgIpc) is 2.39. The van der Waals surface area contributed by atoms with Crippen LogP contribution in [0.5, 0.6) is 0 Å². The lowest BCUT2D eigenvalue weighted by molar-refractivity contribution is 0.102. The van der Waals surface area contributed by atoms with Crippen molar-refractivity contribution in [2.24, 2.45) is 5.73 Å². The number of para-hydroxylation sites is 1. The van der Waals surface area contributed by atoms with Crippen LogP contribution in [0.25, 0.3) is 0 Å². The Morgan fingerprint density at radius 2 is 1.94 bits per heavy atom. The molecule has 0 saturated carbocycles. The molecule has 2 rings (SSSR count). The number of benzene rings is 1. The van der Waals surface area contributed by atoms with E-state index in [2.05, 4.69) is 10.3 Å². The summed E-state index contributed by atoms with van der Waals surface area (Å²) in [6.07, 6.45) is 0. The molecule has 0 unspecified atom stereocenters. The number of H-pyrrole nitrogens is 1. The third kappa shape index (κ3) is 2.64. The molecule has 4 N–H and O–H groups in total. The zero-order chi connectivity index (χ0) is 13.0. The second kappa shape index (κ2) is 5.29. The smallest absolute Gasteiger partial charge is 0.272 e. The third-order valence-corrected chi connectivity index (χ3v) is 2.50. The van der Waals surface area contributed by atoms with E-state index in [4.69, 9.17) is 5.73 Å². The monoisotopic (exact) mass is 243 g/mol. The highest BCUT2D eigenvalue weighted by molar-refractivity contribution is 6.03. The fraction of sp³-hybridized carbons (Fsp3) is 0.0769. The fourth-order valence-electron chi connectivity index (χ4n) is 1.59. The first-order chi connectivity index (χ1) is 8.70. The summed E-state index contributed by atoms with van der Waals surface area (Å²) < 4.78 is 0. The fourth-order valence-corrected chi connectivity index (χ4v) is 1.59. The van der Waals surface area contributed by atoms with Crippen LogP contribution in [0.3, 0.4) is 0 Å². The number of hydrogen-bond donors (Lipinski definition) is 3. The van der Waals surface area contributed by atoms with Crippen molar-refractivity contribution < 1.29 is 4.79 Å². The van der Waals surface area contributed by atoms with Crippen LogP contribution in [0.1, 0.15) is 16.1 Å². The quantitative estimate of drug-likeness (QED) is 0.753. The molecule has 0 aliphatic heterocycles. The Balaban J connectivity index is 2.24. The molecular formula is C13H13N3O2. The van der Waals surface area contributed by atoms with E-state index in [0.29, 0.717) is 12.2 Å². The van der Waals surface area contributed by atoms with Gasteiger partial charge in [0.2, 0.25) is 5.56 Å². The van der Waals surface area contributed by atoms with Crippen molar-refractivity contribution in [1.29, 1.82) is 0 Å². The molecule has 92 valence electrons. The van der Waals surface area contributed by atoms with E-state index < -0.39 is 0 Å². The summed E-state index contributed by atoms with van der Waals surface area (Å²) in [7, 11) is 0. The zero-order valence-electron chi connectivity index (χ0n) is 9.64. The zero-order valence-corrected chi connectivity index (χ0v) is 9.64. The molecule has 0 fully saturated rings. The SMILES string of the molecule is NCc1ccccc1NC(=O)c1cccc(=O)[nH]1. The van der Waals surface area contributed by atoms with Gasteiger partial charge in [0.1, 0.15) is 5.69 Å². The molecule has 0 aliphatic carbocycles. The number of carbonyl (C=O) groups excluding carboxylic acids is 1. The van der Waals surface area contributed by atoms with Crippen LogP contribution >= 0.6 is 0 Å².